The van der Waals surface area contributed by atoms with Crippen LogP contribution >= 0.6 is 0 Å². The quantitative estimate of drug-likeness (QED) is 0.762. The fourth-order valence-electron chi connectivity index (χ4n) is 1.98. The van der Waals surface area contributed by atoms with Gasteiger partial charge in [-0.05, 0) is 36.8 Å². The minimum atomic E-state index is -0.366. The normalized spacial score (nSPS) is 11.7. The summed E-state index contributed by atoms with van der Waals surface area (Å²) in [5.41, 5.74) is 1.48. The summed E-state index contributed by atoms with van der Waals surface area (Å²) in [5.74, 6) is 0.242. The number of nitrogens with one attached hydrogen (secondary N) is 2. The highest BCUT2D eigenvalue weighted by molar-refractivity contribution is 5.89. The molecule has 1 unspecified atom stereocenters. The van der Waals surface area contributed by atoms with E-state index < -0.39 is 0 Å². The Morgan fingerprint density at radius 2 is 1.91 bits per heavy atom. The molecule has 1 atom stereocenters. The Labute approximate surface area is 134 Å². The number of carbonyl (C=O) groups excluding carboxylic acids is 2. The standard InChI is InChI=1S/C17H20N2O4/c1-12(16(20)19-11-15-4-3-9-23-15)18-10-13-5-7-14(8-6-13)17(21)22-2/h3-9,12,18H,10-11H2,1-2H3,(H,19,20). The van der Waals surface area contributed by atoms with Gasteiger partial charge in [-0.1, -0.05) is 12.1 Å². The SMILES string of the molecule is COC(=O)c1ccc(CNC(C)C(=O)NCc2ccco2)cc1. The lowest BCUT2D eigenvalue weighted by atomic mass is 10.1. The molecule has 0 saturated heterocycles. The molecule has 0 saturated carbocycles. The zero-order valence-corrected chi connectivity index (χ0v) is 13.2. The van der Waals surface area contributed by atoms with Gasteiger partial charge in [-0.2, -0.15) is 0 Å². The molecule has 6 heteroatoms. The van der Waals surface area contributed by atoms with Crippen LogP contribution in [0.1, 0.15) is 28.6 Å². The number of methoxy groups -OCH3 is 1. The van der Waals surface area contributed by atoms with Crippen molar-refractivity contribution in [3.8, 4) is 0 Å². The molecule has 0 aliphatic heterocycles. The summed E-state index contributed by atoms with van der Waals surface area (Å²) in [6, 6.07) is 10.3. The number of carbonyl (C=O) groups is 2. The Morgan fingerprint density at radius 3 is 2.52 bits per heavy atom. The van der Waals surface area contributed by atoms with Crippen molar-refractivity contribution in [3.63, 3.8) is 0 Å². The lowest BCUT2D eigenvalue weighted by Crippen LogP contribution is -2.41. The fraction of sp³-hybridized carbons (Fsp3) is 0.294. The number of hydrogen-bond acceptors (Lipinski definition) is 5. The second kappa shape index (κ2) is 8.14. The van der Waals surface area contributed by atoms with Gasteiger partial charge in [-0.25, -0.2) is 4.79 Å². The van der Waals surface area contributed by atoms with Crippen LogP contribution in [0.15, 0.2) is 47.1 Å². The summed E-state index contributed by atoms with van der Waals surface area (Å²) in [5, 5.41) is 5.93. The molecule has 1 amide bonds. The van der Waals surface area contributed by atoms with E-state index in [0.717, 1.165) is 5.56 Å². The lowest BCUT2D eigenvalue weighted by Gasteiger charge is -2.13. The third kappa shape index (κ3) is 4.96. The van der Waals surface area contributed by atoms with Crippen molar-refractivity contribution in [2.45, 2.75) is 26.1 Å². The second-order valence-electron chi connectivity index (χ2n) is 5.09. The summed E-state index contributed by atoms with van der Waals surface area (Å²) in [4.78, 5) is 23.3. The zero-order valence-electron chi connectivity index (χ0n) is 13.2. The maximum absolute atomic E-state index is 12.0. The molecular formula is C17H20N2O4. The fourth-order valence-corrected chi connectivity index (χ4v) is 1.98. The highest BCUT2D eigenvalue weighted by Crippen LogP contribution is 2.06. The number of ether oxygens (including phenoxy) is 1. The van der Waals surface area contributed by atoms with Crippen LogP contribution in [0.5, 0.6) is 0 Å². The van der Waals surface area contributed by atoms with E-state index >= 15 is 0 Å². The van der Waals surface area contributed by atoms with Gasteiger partial charge in [0.1, 0.15) is 5.76 Å². The topological polar surface area (TPSA) is 80.6 Å². The molecular weight excluding hydrogens is 296 g/mol. The Hall–Kier alpha value is -2.60. The van der Waals surface area contributed by atoms with Gasteiger partial charge < -0.3 is 19.8 Å². The van der Waals surface area contributed by atoms with E-state index in [4.69, 9.17) is 4.42 Å². The molecule has 1 aromatic carbocycles. The van der Waals surface area contributed by atoms with Gasteiger partial charge in [-0.3, -0.25) is 4.79 Å². The minimum absolute atomic E-state index is 0.104. The summed E-state index contributed by atoms with van der Waals surface area (Å²) in [7, 11) is 1.35. The molecule has 0 fully saturated rings. The number of furan rings is 1. The van der Waals surface area contributed by atoms with Crippen molar-refractivity contribution in [3.05, 3.63) is 59.5 Å². The molecule has 1 aromatic heterocycles. The molecule has 122 valence electrons. The first-order valence-corrected chi connectivity index (χ1v) is 7.31. The Bertz CT molecular complexity index is 635. The van der Waals surface area contributed by atoms with Crippen LogP contribution in [0.25, 0.3) is 0 Å². The molecule has 0 aliphatic rings. The third-order valence-electron chi connectivity index (χ3n) is 3.40. The smallest absolute Gasteiger partial charge is 0.337 e. The minimum Gasteiger partial charge on any atom is -0.467 e. The van der Waals surface area contributed by atoms with Gasteiger partial charge in [0.2, 0.25) is 5.91 Å². The van der Waals surface area contributed by atoms with Crippen LogP contribution in [0.4, 0.5) is 0 Å². The summed E-state index contributed by atoms with van der Waals surface area (Å²) < 4.78 is 9.81. The molecule has 0 bridgehead atoms. The summed E-state index contributed by atoms with van der Waals surface area (Å²) in [6.45, 7) is 2.68. The molecule has 0 radical (unpaired) electrons. The van der Waals surface area contributed by atoms with Crippen LogP contribution in [0, 0.1) is 0 Å². The Kier molecular flexibility index (Phi) is 5.94. The zero-order chi connectivity index (χ0) is 16.7. The molecule has 1 heterocycles. The van der Waals surface area contributed by atoms with Crippen molar-refractivity contribution in [2.24, 2.45) is 0 Å². The molecule has 23 heavy (non-hydrogen) atoms. The van der Waals surface area contributed by atoms with Crippen molar-refractivity contribution >= 4 is 11.9 Å². The molecule has 2 N–H and O–H groups in total. The molecule has 0 aliphatic carbocycles. The summed E-state index contributed by atoms with van der Waals surface area (Å²) in [6.07, 6.45) is 1.57. The molecule has 2 rings (SSSR count). The van der Waals surface area contributed by atoms with Gasteiger partial charge in [0.15, 0.2) is 0 Å². The molecule has 0 spiro atoms. The van der Waals surface area contributed by atoms with Crippen LogP contribution in [0.3, 0.4) is 0 Å². The van der Waals surface area contributed by atoms with E-state index in [1.807, 2.05) is 12.1 Å². The first-order chi connectivity index (χ1) is 11.1. The third-order valence-corrected chi connectivity index (χ3v) is 3.40. The van der Waals surface area contributed by atoms with E-state index in [-0.39, 0.29) is 17.9 Å². The van der Waals surface area contributed by atoms with Crippen LogP contribution in [0.2, 0.25) is 0 Å². The van der Waals surface area contributed by atoms with Crippen LogP contribution in [-0.2, 0) is 22.6 Å². The van der Waals surface area contributed by atoms with E-state index in [2.05, 4.69) is 15.4 Å². The second-order valence-corrected chi connectivity index (χ2v) is 5.09. The van der Waals surface area contributed by atoms with Crippen LogP contribution in [-0.4, -0.2) is 25.0 Å². The highest BCUT2D eigenvalue weighted by Gasteiger charge is 2.12. The van der Waals surface area contributed by atoms with Gasteiger partial charge in [0.05, 0.1) is 31.5 Å². The largest absolute Gasteiger partial charge is 0.467 e. The predicted molar refractivity (Wildman–Crippen MR) is 84.6 cm³/mol. The van der Waals surface area contributed by atoms with Gasteiger partial charge in [0.25, 0.3) is 0 Å². The molecule has 6 nitrogen and oxygen atoms in total. The highest BCUT2D eigenvalue weighted by atomic mass is 16.5. The first kappa shape index (κ1) is 16.8. The monoisotopic (exact) mass is 316 g/mol. The number of hydrogen-bond donors (Lipinski definition) is 2. The molecule has 2 aromatic rings. The maximum Gasteiger partial charge on any atom is 0.337 e. The number of benzene rings is 1. The number of esters is 1. The number of rotatable bonds is 7. The summed E-state index contributed by atoms with van der Waals surface area (Å²) >= 11 is 0. The van der Waals surface area contributed by atoms with E-state index in [9.17, 15) is 9.59 Å². The van der Waals surface area contributed by atoms with E-state index in [1.165, 1.54) is 7.11 Å². The average molecular weight is 316 g/mol. The van der Waals surface area contributed by atoms with Crippen molar-refractivity contribution in [1.29, 1.82) is 0 Å². The average Bonchev–Trinajstić information content (AvgIpc) is 3.10. The predicted octanol–water partition coefficient (Wildman–Crippen LogP) is 1.86. The van der Waals surface area contributed by atoms with Crippen molar-refractivity contribution in [1.82, 2.24) is 10.6 Å². The van der Waals surface area contributed by atoms with Crippen LogP contribution < -0.4 is 10.6 Å². The van der Waals surface area contributed by atoms with E-state index in [1.54, 1.807) is 37.5 Å². The van der Waals surface area contributed by atoms with Gasteiger partial charge in [-0.15, -0.1) is 0 Å². The van der Waals surface area contributed by atoms with Crippen molar-refractivity contribution < 1.29 is 18.7 Å². The Morgan fingerprint density at radius 1 is 1.17 bits per heavy atom. The lowest BCUT2D eigenvalue weighted by molar-refractivity contribution is -0.123. The van der Waals surface area contributed by atoms with Crippen molar-refractivity contribution in [2.75, 3.05) is 7.11 Å². The number of amides is 1. The first-order valence-electron chi connectivity index (χ1n) is 7.31. The van der Waals surface area contributed by atoms with Gasteiger partial charge >= 0.3 is 5.97 Å². The van der Waals surface area contributed by atoms with E-state index in [0.29, 0.717) is 24.4 Å². The van der Waals surface area contributed by atoms with Gasteiger partial charge in [0, 0.05) is 6.54 Å². The maximum atomic E-state index is 12.0. The Balaban J connectivity index is 1.77.